The summed E-state index contributed by atoms with van der Waals surface area (Å²) in [7, 11) is 0. The molecule has 0 radical (unpaired) electrons. The molecule has 1 aromatic carbocycles. The number of likely N-dealkylation sites (tertiary alicyclic amines) is 1. The number of hydrogen-bond donors (Lipinski definition) is 1. The van der Waals surface area contributed by atoms with E-state index in [1.807, 2.05) is 30.0 Å². The molecule has 1 N–H and O–H groups in total. The van der Waals surface area contributed by atoms with Crippen molar-refractivity contribution in [2.45, 2.75) is 58.0 Å². The lowest BCUT2D eigenvalue weighted by atomic mass is 9.88. The van der Waals surface area contributed by atoms with E-state index in [0.717, 1.165) is 32.1 Å². The van der Waals surface area contributed by atoms with E-state index in [1.54, 1.807) is 0 Å². The Hall–Kier alpha value is -1.84. The SMILES string of the molecule is CC[C@H](C)NC(=O)[C@H]1CC[C@H](c2ccccc2)N(C(=O)C2CC2)C1. The van der Waals surface area contributed by atoms with Gasteiger partial charge in [-0.05, 0) is 44.6 Å². The number of amides is 2. The molecule has 2 amide bonds. The molecule has 1 heterocycles. The number of carbonyl (C=O) groups excluding carboxylic acids is 2. The van der Waals surface area contributed by atoms with E-state index in [2.05, 4.69) is 24.4 Å². The smallest absolute Gasteiger partial charge is 0.226 e. The summed E-state index contributed by atoms with van der Waals surface area (Å²) in [6.07, 6.45) is 4.63. The fraction of sp³-hybridized carbons (Fsp3) is 0.600. The monoisotopic (exact) mass is 328 g/mol. The van der Waals surface area contributed by atoms with Crippen molar-refractivity contribution >= 4 is 11.8 Å². The van der Waals surface area contributed by atoms with Gasteiger partial charge >= 0.3 is 0 Å². The van der Waals surface area contributed by atoms with Gasteiger partial charge in [0.15, 0.2) is 0 Å². The Morgan fingerprint density at radius 3 is 2.42 bits per heavy atom. The summed E-state index contributed by atoms with van der Waals surface area (Å²) in [5, 5.41) is 3.08. The average molecular weight is 328 g/mol. The number of piperidine rings is 1. The minimum absolute atomic E-state index is 0.0818. The summed E-state index contributed by atoms with van der Waals surface area (Å²) in [5.74, 6) is 0.448. The molecular formula is C20H28N2O2. The first-order chi connectivity index (χ1) is 11.6. The third-order valence-electron chi connectivity index (χ3n) is 5.35. The molecule has 1 aromatic rings. The van der Waals surface area contributed by atoms with E-state index in [9.17, 15) is 9.59 Å². The number of carbonyl (C=O) groups is 2. The summed E-state index contributed by atoms with van der Waals surface area (Å²) >= 11 is 0. The summed E-state index contributed by atoms with van der Waals surface area (Å²) in [6, 6.07) is 10.5. The van der Waals surface area contributed by atoms with Crippen LogP contribution in [0.1, 0.15) is 57.6 Å². The van der Waals surface area contributed by atoms with Crippen molar-refractivity contribution < 1.29 is 9.59 Å². The van der Waals surface area contributed by atoms with Crippen LogP contribution in [-0.4, -0.2) is 29.3 Å². The Kier molecular flexibility index (Phi) is 5.22. The summed E-state index contributed by atoms with van der Waals surface area (Å²) < 4.78 is 0. The first kappa shape index (κ1) is 17.0. The van der Waals surface area contributed by atoms with Gasteiger partial charge in [0.1, 0.15) is 0 Å². The second-order valence-electron chi connectivity index (χ2n) is 7.28. The normalized spacial score (nSPS) is 25.2. The first-order valence-corrected chi connectivity index (χ1v) is 9.26. The predicted octanol–water partition coefficient (Wildman–Crippen LogP) is 3.29. The highest BCUT2D eigenvalue weighted by atomic mass is 16.2. The van der Waals surface area contributed by atoms with Crippen molar-refractivity contribution in [1.82, 2.24) is 10.2 Å². The molecule has 0 aromatic heterocycles. The molecule has 24 heavy (non-hydrogen) atoms. The van der Waals surface area contributed by atoms with Crippen molar-refractivity contribution in [3.05, 3.63) is 35.9 Å². The molecule has 3 rings (SSSR count). The maximum absolute atomic E-state index is 12.8. The van der Waals surface area contributed by atoms with Gasteiger partial charge in [0, 0.05) is 18.5 Å². The van der Waals surface area contributed by atoms with Crippen LogP contribution in [0.2, 0.25) is 0 Å². The molecule has 0 spiro atoms. The standard InChI is InChI=1S/C20H28N2O2/c1-3-14(2)21-19(23)17-11-12-18(15-7-5-4-6-8-15)22(13-17)20(24)16-9-10-16/h4-8,14,16-18H,3,9-13H2,1-2H3,(H,21,23)/t14-,17-,18+/m0/s1. The van der Waals surface area contributed by atoms with Crippen molar-refractivity contribution in [1.29, 1.82) is 0 Å². The molecule has 0 unspecified atom stereocenters. The lowest BCUT2D eigenvalue weighted by Crippen LogP contribution is -2.48. The zero-order chi connectivity index (χ0) is 17.1. The minimum Gasteiger partial charge on any atom is -0.353 e. The fourth-order valence-corrected chi connectivity index (χ4v) is 3.48. The Balaban J connectivity index is 1.74. The number of nitrogens with zero attached hydrogens (tertiary/aromatic N) is 1. The third kappa shape index (κ3) is 3.80. The van der Waals surface area contributed by atoms with Crippen molar-refractivity contribution in [3.8, 4) is 0 Å². The quantitative estimate of drug-likeness (QED) is 0.901. The van der Waals surface area contributed by atoms with E-state index >= 15 is 0 Å². The summed E-state index contributed by atoms with van der Waals surface area (Å²) in [4.78, 5) is 27.3. The van der Waals surface area contributed by atoms with Crippen LogP contribution in [0, 0.1) is 11.8 Å². The predicted molar refractivity (Wildman–Crippen MR) is 94.2 cm³/mol. The van der Waals surface area contributed by atoms with Crippen LogP contribution >= 0.6 is 0 Å². The highest BCUT2D eigenvalue weighted by molar-refractivity contribution is 5.84. The Bertz CT molecular complexity index is 583. The maximum Gasteiger partial charge on any atom is 0.226 e. The second kappa shape index (κ2) is 7.37. The Morgan fingerprint density at radius 2 is 1.79 bits per heavy atom. The largest absolute Gasteiger partial charge is 0.353 e. The lowest BCUT2D eigenvalue weighted by Gasteiger charge is -2.40. The minimum atomic E-state index is -0.0818. The van der Waals surface area contributed by atoms with Gasteiger partial charge in [0.2, 0.25) is 11.8 Å². The van der Waals surface area contributed by atoms with Gasteiger partial charge < -0.3 is 10.2 Å². The molecule has 1 aliphatic carbocycles. The van der Waals surface area contributed by atoms with Gasteiger partial charge in [-0.25, -0.2) is 0 Å². The molecule has 4 nitrogen and oxygen atoms in total. The first-order valence-electron chi connectivity index (χ1n) is 9.26. The van der Waals surface area contributed by atoms with Gasteiger partial charge in [0.05, 0.1) is 12.0 Å². The highest BCUT2D eigenvalue weighted by Gasteiger charge is 2.41. The average Bonchev–Trinajstić information content (AvgIpc) is 3.46. The fourth-order valence-electron chi connectivity index (χ4n) is 3.48. The van der Waals surface area contributed by atoms with Gasteiger partial charge in [-0.15, -0.1) is 0 Å². The van der Waals surface area contributed by atoms with Crippen molar-refractivity contribution in [2.24, 2.45) is 11.8 Å². The van der Waals surface area contributed by atoms with Crippen molar-refractivity contribution in [2.75, 3.05) is 6.54 Å². The molecule has 4 heteroatoms. The Morgan fingerprint density at radius 1 is 1.12 bits per heavy atom. The van der Waals surface area contributed by atoms with Crippen LogP contribution < -0.4 is 5.32 Å². The zero-order valence-electron chi connectivity index (χ0n) is 14.7. The molecular weight excluding hydrogens is 300 g/mol. The van der Waals surface area contributed by atoms with Gasteiger partial charge in [0.25, 0.3) is 0 Å². The molecule has 1 saturated carbocycles. The van der Waals surface area contributed by atoms with E-state index in [0.29, 0.717) is 6.54 Å². The third-order valence-corrected chi connectivity index (χ3v) is 5.35. The van der Waals surface area contributed by atoms with Crippen LogP contribution in [0.5, 0.6) is 0 Å². The van der Waals surface area contributed by atoms with Gasteiger partial charge in [-0.3, -0.25) is 9.59 Å². The number of benzene rings is 1. The maximum atomic E-state index is 12.8. The number of rotatable bonds is 5. The van der Waals surface area contributed by atoms with Crippen LogP contribution in [-0.2, 0) is 9.59 Å². The molecule has 130 valence electrons. The van der Waals surface area contributed by atoms with Crippen molar-refractivity contribution in [3.63, 3.8) is 0 Å². The summed E-state index contributed by atoms with van der Waals surface area (Å²) in [5.41, 5.74) is 1.19. The zero-order valence-corrected chi connectivity index (χ0v) is 14.7. The molecule has 2 fully saturated rings. The van der Waals surface area contributed by atoms with Gasteiger partial charge in [-0.2, -0.15) is 0 Å². The van der Waals surface area contributed by atoms with Crippen LogP contribution in [0.4, 0.5) is 0 Å². The number of hydrogen-bond acceptors (Lipinski definition) is 2. The molecule has 2 aliphatic rings. The van der Waals surface area contributed by atoms with Crippen LogP contribution in [0.25, 0.3) is 0 Å². The summed E-state index contributed by atoms with van der Waals surface area (Å²) in [6.45, 7) is 4.65. The van der Waals surface area contributed by atoms with E-state index in [1.165, 1.54) is 5.56 Å². The van der Waals surface area contributed by atoms with E-state index in [4.69, 9.17) is 0 Å². The topological polar surface area (TPSA) is 49.4 Å². The lowest BCUT2D eigenvalue weighted by molar-refractivity contribution is -0.140. The van der Waals surface area contributed by atoms with Crippen LogP contribution in [0.3, 0.4) is 0 Å². The molecule has 0 bridgehead atoms. The molecule has 1 saturated heterocycles. The highest BCUT2D eigenvalue weighted by Crippen LogP contribution is 2.39. The molecule has 1 aliphatic heterocycles. The molecule has 3 atom stereocenters. The van der Waals surface area contributed by atoms with E-state index < -0.39 is 0 Å². The Labute approximate surface area is 144 Å². The second-order valence-corrected chi connectivity index (χ2v) is 7.28. The number of nitrogens with one attached hydrogen (secondary N) is 1. The van der Waals surface area contributed by atoms with Crippen LogP contribution in [0.15, 0.2) is 30.3 Å². The van der Waals surface area contributed by atoms with E-state index in [-0.39, 0.29) is 35.7 Å². The van der Waals surface area contributed by atoms with Gasteiger partial charge in [-0.1, -0.05) is 37.3 Å².